The number of carbonyl (C=O) groups excluding carboxylic acids is 1. The van der Waals surface area contributed by atoms with Gasteiger partial charge in [0, 0.05) is 24.2 Å². The normalized spacial score (nSPS) is 12.2. The number of aromatic hydroxyl groups is 1. The third-order valence-corrected chi connectivity index (χ3v) is 4.47. The van der Waals surface area contributed by atoms with E-state index in [0.29, 0.717) is 28.4 Å². The first kappa shape index (κ1) is 19.5. The van der Waals surface area contributed by atoms with Gasteiger partial charge in [0.05, 0.1) is 6.04 Å². The van der Waals surface area contributed by atoms with Crippen LogP contribution in [0.15, 0.2) is 48.8 Å². The van der Waals surface area contributed by atoms with Crippen LogP contribution in [0.4, 0.5) is 4.39 Å². The van der Waals surface area contributed by atoms with Crippen molar-refractivity contribution >= 4 is 5.91 Å². The molecule has 3 aromatic rings. The summed E-state index contributed by atoms with van der Waals surface area (Å²) in [5.74, 6) is 0.0978. The topological polar surface area (TPSA) is 80.0 Å². The molecule has 3 rings (SSSR count). The lowest BCUT2D eigenvalue weighted by molar-refractivity contribution is 0.0929. The number of carbonyl (C=O) groups is 1. The Morgan fingerprint density at radius 1 is 1.25 bits per heavy atom. The van der Waals surface area contributed by atoms with Crippen LogP contribution in [0.2, 0.25) is 0 Å². The average Bonchev–Trinajstić information content (AvgIpc) is 3.07. The van der Waals surface area contributed by atoms with Crippen LogP contribution in [-0.2, 0) is 7.05 Å². The monoisotopic (exact) mass is 382 g/mol. The van der Waals surface area contributed by atoms with Crippen molar-refractivity contribution < 1.29 is 14.3 Å². The molecule has 1 amide bonds. The molecule has 2 N–H and O–H groups in total. The summed E-state index contributed by atoms with van der Waals surface area (Å²) in [6.07, 6.45) is 2.18. The highest BCUT2D eigenvalue weighted by Crippen LogP contribution is 2.30. The highest BCUT2D eigenvalue weighted by atomic mass is 19.1. The maximum atomic E-state index is 13.2. The third kappa shape index (κ3) is 4.36. The number of rotatable bonds is 6. The molecule has 6 nitrogen and oxygen atoms in total. The van der Waals surface area contributed by atoms with Gasteiger partial charge in [-0.2, -0.15) is 5.10 Å². The van der Waals surface area contributed by atoms with Crippen LogP contribution in [0.25, 0.3) is 11.1 Å². The van der Waals surface area contributed by atoms with Crippen molar-refractivity contribution in [2.45, 2.75) is 26.3 Å². The summed E-state index contributed by atoms with van der Waals surface area (Å²) < 4.78 is 14.9. The highest BCUT2D eigenvalue weighted by Gasteiger charge is 2.21. The summed E-state index contributed by atoms with van der Waals surface area (Å²) in [6.45, 7) is 4.15. The molecule has 0 radical (unpaired) electrons. The predicted octanol–water partition coefficient (Wildman–Crippen LogP) is 3.84. The average molecular weight is 382 g/mol. The molecule has 1 atom stereocenters. The van der Waals surface area contributed by atoms with Gasteiger partial charge in [-0.1, -0.05) is 26.0 Å². The van der Waals surface area contributed by atoms with Gasteiger partial charge in [-0.25, -0.2) is 9.37 Å². The summed E-state index contributed by atoms with van der Waals surface area (Å²) in [7, 11) is 1.79. The van der Waals surface area contributed by atoms with Gasteiger partial charge in [-0.05, 0) is 42.2 Å². The zero-order valence-corrected chi connectivity index (χ0v) is 16.1. The minimum atomic E-state index is -0.518. The van der Waals surface area contributed by atoms with Crippen LogP contribution in [0.1, 0.15) is 42.5 Å². The van der Waals surface area contributed by atoms with Crippen LogP contribution < -0.4 is 5.32 Å². The number of amides is 1. The number of nitrogens with zero attached hydrogens (tertiary/aromatic N) is 3. The lowest BCUT2D eigenvalue weighted by atomic mass is 10.0. The van der Waals surface area contributed by atoms with Crippen molar-refractivity contribution in [3.8, 4) is 16.9 Å². The van der Waals surface area contributed by atoms with E-state index in [9.17, 15) is 14.3 Å². The van der Waals surface area contributed by atoms with Crippen molar-refractivity contribution in [3.63, 3.8) is 0 Å². The molecule has 0 aliphatic rings. The molecule has 1 unspecified atom stereocenters. The fraction of sp³-hybridized carbons (Fsp3) is 0.286. The Kier molecular flexibility index (Phi) is 5.73. The van der Waals surface area contributed by atoms with Gasteiger partial charge in [-0.15, -0.1) is 0 Å². The van der Waals surface area contributed by atoms with E-state index in [2.05, 4.69) is 29.2 Å². The van der Waals surface area contributed by atoms with Crippen LogP contribution in [-0.4, -0.2) is 25.8 Å². The maximum Gasteiger partial charge on any atom is 0.251 e. The molecule has 1 heterocycles. The number of halogens is 1. The number of phenolic OH excluding ortho intramolecular Hbond substituents is 1. The largest absolute Gasteiger partial charge is 0.507 e. The fourth-order valence-corrected chi connectivity index (χ4v) is 3.14. The molecule has 2 aromatic carbocycles. The second-order valence-electron chi connectivity index (χ2n) is 7.14. The van der Waals surface area contributed by atoms with Crippen molar-refractivity contribution in [2.24, 2.45) is 13.0 Å². The van der Waals surface area contributed by atoms with Crippen LogP contribution in [0, 0.1) is 11.7 Å². The molecule has 146 valence electrons. The second-order valence-corrected chi connectivity index (χ2v) is 7.14. The first-order valence-corrected chi connectivity index (χ1v) is 9.09. The first-order chi connectivity index (χ1) is 13.3. The lowest BCUT2D eigenvalue weighted by Crippen LogP contribution is -2.31. The molecule has 7 heteroatoms. The molecule has 0 aliphatic heterocycles. The Morgan fingerprint density at radius 2 is 2.04 bits per heavy atom. The number of hydrogen-bond donors (Lipinski definition) is 2. The van der Waals surface area contributed by atoms with Crippen molar-refractivity contribution in [3.05, 3.63) is 66.0 Å². The number of aromatic nitrogens is 3. The van der Waals surface area contributed by atoms with Gasteiger partial charge in [0.2, 0.25) is 0 Å². The Labute approximate surface area is 163 Å². The summed E-state index contributed by atoms with van der Waals surface area (Å²) in [6, 6.07) is 10.4. The Balaban J connectivity index is 1.86. The SMILES string of the molecule is CC(C)CC(NC(=O)c1cccc(-c2ccc(F)cc2O)c1)c1ncnn1C. The Bertz CT molecular complexity index is 984. The van der Waals surface area contributed by atoms with Crippen LogP contribution in [0.5, 0.6) is 5.75 Å². The highest BCUT2D eigenvalue weighted by molar-refractivity contribution is 5.95. The van der Waals surface area contributed by atoms with E-state index in [4.69, 9.17) is 0 Å². The van der Waals surface area contributed by atoms with Crippen LogP contribution >= 0.6 is 0 Å². The third-order valence-electron chi connectivity index (χ3n) is 4.47. The molecular weight excluding hydrogens is 359 g/mol. The zero-order chi connectivity index (χ0) is 20.3. The van der Waals surface area contributed by atoms with E-state index < -0.39 is 5.82 Å². The molecule has 0 bridgehead atoms. The molecule has 0 saturated carbocycles. The number of benzene rings is 2. The predicted molar refractivity (Wildman–Crippen MR) is 104 cm³/mol. The van der Waals surface area contributed by atoms with Gasteiger partial charge in [0.1, 0.15) is 23.7 Å². The number of hydrogen-bond acceptors (Lipinski definition) is 4. The first-order valence-electron chi connectivity index (χ1n) is 9.09. The van der Waals surface area contributed by atoms with Gasteiger partial charge in [-0.3, -0.25) is 9.48 Å². The van der Waals surface area contributed by atoms with E-state index in [0.717, 1.165) is 12.5 Å². The number of aryl methyl sites for hydroxylation is 1. The van der Waals surface area contributed by atoms with Crippen molar-refractivity contribution in [2.75, 3.05) is 0 Å². The summed E-state index contributed by atoms with van der Waals surface area (Å²) in [5.41, 5.74) is 1.53. The van der Waals surface area contributed by atoms with Gasteiger partial charge in [0.15, 0.2) is 0 Å². The van der Waals surface area contributed by atoms with E-state index in [1.807, 2.05) is 0 Å². The molecule has 0 spiro atoms. The van der Waals surface area contributed by atoms with E-state index in [-0.39, 0.29) is 17.7 Å². The summed E-state index contributed by atoms with van der Waals surface area (Å²) in [5, 5.41) is 17.1. The zero-order valence-electron chi connectivity index (χ0n) is 16.1. The number of nitrogens with one attached hydrogen (secondary N) is 1. The maximum absolute atomic E-state index is 13.2. The van der Waals surface area contributed by atoms with Crippen LogP contribution in [0.3, 0.4) is 0 Å². The molecule has 0 fully saturated rings. The van der Waals surface area contributed by atoms with Gasteiger partial charge >= 0.3 is 0 Å². The lowest BCUT2D eigenvalue weighted by Gasteiger charge is -2.20. The van der Waals surface area contributed by atoms with Gasteiger partial charge in [0.25, 0.3) is 5.91 Å². The molecule has 28 heavy (non-hydrogen) atoms. The van der Waals surface area contributed by atoms with Crippen molar-refractivity contribution in [1.29, 1.82) is 0 Å². The quantitative estimate of drug-likeness (QED) is 0.679. The minimum absolute atomic E-state index is 0.172. The number of phenols is 1. The molecule has 1 aromatic heterocycles. The Hall–Kier alpha value is -3.22. The fourth-order valence-electron chi connectivity index (χ4n) is 3.14. The van der Waals surface area contributed by atoms with Crippen molar-refractivity contribution in [1.82, 2.24) is 20.1 Å². The molecule has 0 aliphatic carbocycles. The minimum Gasteiger partial charge on any atom is -0.507 e. The standard InChI is InChI=1S/C21H23FN4O2/c1-13(2)9-18(20-23-12-24-26(20)3)25-21(28)15-6-4-5-14(10-15)17-8-7-16(22)11-19(17)27/h4-8,10-13,18,27H,9H2,1-3H3,(H,25,28). The molecular formula is C21H23FN4O2. The van der Waals surface area contributed by atoms with E-state index in [1.165, 1.54) is 18.5 Å². The summed E-state index contributed by atoms with van der Waals surface area (Å²) >= 11 is 0. The molecule has 0 saturated heterocycles. The van der Waals surface area contributed by atoms with Gasteiger partial charge < -0.3 is 10.4 Å². The van der Waals surface area contributed by atoms with E-state index in [1.54, 1.807) is 36.0 Å². The Morgan fingerprint density at radius 3 is 2.68 bits per heavy atom. The second kappa shape index (κ2) is 8.21. The van der Waals surface area contributed by atoms with E-state index >= 15 is 0 Å². The smallest absolute Gasteiger partial charge is 0.251 e. The summed E-state index contributed by atoms with van der Waals surface area (Å²) in [4.78, 5) is 17.1.